The third-order valence-corrected chi connectivity index (χ3v) is 5.02. The number of rotatable bonds is 6. The lowest BCUT2D eigenvalue weighted by Gasteiger charge is -2.22. The Labute approximate surface area is 163 Å². The first-order valence-electron chi connectivity index (χ1n) is 9.45. The zero-order valence-electron chi connectivity index (χ0n) is 16.1. The third-order valence-electron chi connectivity index (χ3n) is 5.02. The summed E-state index contributed by atoms with van der Waals surface area (Å²) in [5, 5.41) is 5.26. The topological polar surface area (TPSA) is 96.3 Å². The van der Waals surface area contributed by atoms with Crippen molar-refractivity contribution < 1.29 is 14.4 Å². The lowest BCUT2D eigenvalue weighted by Crippen LogP contribution is -2.43. The van der Waals surface area contributed by atoms with Gasteiger partial charge < -0.3 is 15.2 Å². The molecule has 8 nitrogen and oxygen atoms in total. The van der Waals surface area contributed by atoms with Crippen LogP contribution in [-0.4, -0.2) is 57.7 Å². The Balaban J connectivity index is 1.59. The maximum absolute atomic E-state index is 12.5. The van der Waals surface area contributed by atoms with Crippen LogP contribution >= 0.6 is 0 Å². The molecule has 1 aliphatic heterocycles. The fourth-order valence-electron chi connectivity index (χ4n) is 3.47. The van der Waals surface area contributed by atoms with Crippen LogP contribution in [0.25, 0.3) is 0 Å². The summed E-state index contributed by atoms with van der Waals surface area (Å²) in [7, 11) is 1.74. The summed E-state index contributed by atoms with van der Waals surface area (Å²) in [6, 6.07) is 6.75. The van der Waals surface area contributed by atoms with Crippen molar-refractivity contribution in [3.63, 3.8) is 0 Å². The number of carbonyl (C=O) groups excluding carboxylic acids is 3. The summed E-state index contributed by atoms with van der Waals surface area (Å²) < 4.78 is 1.63. The maximum Gasteiger partial charge on any atom is 0.313 e. The van der Waals surface area contributed by atoms with Crippen molar-refractivity contribution >= 4 is 23.3 Å². The smallest absolute Gasteiger partial charge is 0.313 e. The minimum absolute atomic E-state index is 0.256. The van der Waals surface area contributed by atoms with Gasteiger partial charge in [-0.2, -0.15) is 0 Å². The van der Waals surface area contributed by atoms with Crippen LogP contribution in [0.5, 0.6) is 0 Å². The largest absolute Gasteiger partial charge is 0.346 e. The summed E-state index contributed by atoms with van der Waals surface area (Å²) in [4.78, 5) is 43.2. The predicted octanol–water partition coefficient (Wildman–Crippen LogP) is 1.19. The first kappa shape index (κ1) is 19.8. The van der Waals surface area contributed by atoms with Crippen LogP contribution in [0.2, 0.25) is 0 Å². The number of aromatic nitrogens is 2. The zero-order chi connectivity index (χ0) is 20.1. The first-order valence-corrected chi connectivity index (χ1v) is 9.45. The number of hydrogen-bond donors (Lipinski definition) is 2. The Morgan fingerprint density at radius 2 is 2.07 bits per heavy atom. The molecule has 2 N–H and O–H groups in total. The van der Waals surface area contributed by atoms with Crippen LogP contribution in [0, 0.1) is 0 Å². The molecule has 1 aromatic carbocycles. The van der Waals surface area contributed by atoms with Gasteiger partial charge in [-0.25, -0.2) is 4.98 Å². The van der Waals surface area contributed by atoms with Crippen molar-refractivity contribution in [3.05, 3.63) is 48.0 Å². The van der Waals surface area contributed by atoms with Crippen LogP contribution in [0.4, 0.5) is 5.69 Å². The van der Waals surface area contributed by atoms with Crippen molar-refractivity contribution in [2.45, 2.75) is 25.8 Å². The van der Waals surface area contributed by atoms with Gasteiger partial charge in [-0.1, -0.05) is 19.1 Å². The number of likely N-dealkylation sites (tertiary alicyclic amines) is 1. The van der Waals surface area contributed by atoms with E-state index in [2.05, 4.69) is 27.4 Å². The second-order valence-corrected chi connectivity index (χ2v) is 6.86. The number of amides is 2. The molecule has 8 heteroatoms. The van der Waals surface area contributed by atoms with Gasteiger partial charge in [-0.3, -0.25) is 19.3 Å². The normalized spacial score (nSPS) is 16.7. The average molecular weight is 383 g/mol. The fraction of sp³-hybridized carbons (Fsp3) is 0.400. The number of nitrogens with zero attached hydrogens (tertiary/aromatic N) is 3. The molecule has 1 fully saturated rings. The van der Waals surface area contributed by atoms with E-state index in [1.54, 1.807) is 42.2 Å². The standard InChI is InChI=1S/C20H25N5O3/c1-3-25-10-5-8-16(25)13-22-19(27)20(28)23-15-7-4-6-14(12-15)17(26)18-21-9-11-24(18)2/h4,6-7,9,11-12,16H,3,5,8,10,13H2,1-2H3,(H,22,27)(H,23,28). The third kappa shape index (κ3) is 4.45. The highest BCUT2D eigenvalue weighted by Crippen LogP contribution is 2.16. The van der Waals surface area contributed by atoms with Gasteiger partial charge in [-0.05, 0) is 38.1 Å². The fourth-order valence-corrected chi connectivity index (χ4v) is 3.47. The van der Waals surface area contributed by atoms with Crippen LogP contribution in [0.15, 0.2) is 36.7 Å². The molecule has 0 aliphatic carbocycles. The first-order chi connectivity index (χ1) is 13.5. The van der Waals surface area contributed by atoms with E-state index in [1.807, 2.05) is 0 Å². The van der Waals surface area contributed by atoms with Crippen molar-refractivity contribution in [1.29, 1.82) is 0 Å². The molecule has 1 atom stereocenters. The monoisotopic (exact) mass is 383 g/mol. The molecule has 0 saturated carbocycles. The number of likely N-dealkylation sites (N-methyl/N-ethyl adjacent to an activating group) is 1. The van der Waals surface area contributed by atoms with E-state index in [1.165, 1.54) is 6.07 Å². The number of carbonyl (C=O) groups is 3. The second kappa shape index (κ2) is 8.79. The van der Waals surface area contributed by atoms with Gasteiger partial charge in [0.05, 0.1) is 0 Å². The van der Waals surface area contributed by atoms with Gasteiger partial charge >= 0.3 is 11.8 Å². The zero-order valence-corrected chi connectivity index (χ0v) is 16.1. The molecule has 2 aromatic rings. The molecule has 0 radical (unpaired) electrons. The van der Waals surface area contributed by atoms with E-state index in [0.717, 1.165) is 25.9 Å². The molecular formula is C20H25N5O3. The van der Waals surface area contributed by atoms with Crippen molar-refractivity contribution in [2.75, 3.05) is 25.0 Å². The number of aryl methyl sites for hydroxylation is 1. The maximum atomic E-state index is 12.5. The molecule has 148 valence electrons. The van der Waals surface area contributed by atoms with Crippen LogP contribution < -0.4 is 10.6 Å². The molecule has 1 saturated heterocycles. The molecule has 28 heavy (non-hydrogen) atoms. The van der Waals surface area contributed by atoms with Crippen molar-refractivity contribution in [1.82, 2.24) is 19.8 Å². The molecule has 1 aromatic heterocycles. The lowest BCUT2D eigenvalue weighted by atomic mass is 10.1. The molecule has 0 spiro atoms. The van der Waals surface area contributed by atoms with Crippen molar-refractivity contribution in [3.8, 4) is 0 Å². The Bertz CT molecular complexity index is 876. The highest BCUT2D eigenvalue weighted by atomic mass is 16.2. The van der Waals surface area contributed by atoms with E-state index in [0.29, 0.717) is 23.6 Å². The number of anilines is 1. The quantitative estimate of drug-likeness (QED) is 0.577. The van der Waals surface area contributed by atoms with Crippen LogP contribution in [-0.2, 0) is 16.6 Å². The molecular weight excluding hydrogens is 358 g/mol. The molecule has 2 heterocycles. The Morgan fingerprint density at radius 3 is 2.79 bits per heavy atom. The molecule has 1 unspecified atom stereocenters. The van der Waals surface area contributed by atoms with E-state index in [-0.39, 0.29) is 11.8 Å². The van der Waals surface area contributed by atoms with E-state index in [4.69, 9.17) is 0 Å². The molecule has 2 amide bonds. The number of nitrogens with one attached hydrogen (secondary N) is 2. The highest BCUT2D eigenvalue weighted by Gasteiger charge is 2.24. The van der Waals surface area contributed by atoms with E-state index >= 15 is 0 Å². The summed E-state index contributed by atoms with van der Waals surface area (Å²) in [6.07, 6.45) is 5.37. The Morgan fingerprint density at radius 1 is 1.25 bits per heavy atom. The van der Waals surface area contributed by atoms with Gasteiger partial charge in [0.1, 0.15) is 0 Å². The summed E-state index contributed by atoms with van der Waals surface area (Å²) in [5.41, 5.74) is 0.772. The predicted molar refractivity (Wildman–Crippen MR) is 105 cm³/mol. The average Bonchev–Trinajstić information content (AvgIpc) is 3.33. The SMILES string of the molecule is CCN1CCCC1CNC(=O)C(=O)Nc1cccc(C(=O)c2nccn2C)c1. The lowest BCUT2D eigenvalue weighted by molar-refractivity contribution is -0.136. The minimum Gasteiger partial charge on any atom is -0.346 e. The Hall–Kier alpha value is -3.00. The summed E-state index contributed by atoms with van der Waals surface area (Å²) in [5.74, 6) is -1.38. The van der Waals surface area contributed by atoms with E-state index in [9.17, 15) is 14.4 Å². The molecule has 3 rings (SSSR count). The summed E-state index contributed by atoms with van der Waals surface area (Å²) in [6.45, 7) is 4.51. The number of imidazole rings is 1. The van der Waals surface area contributed by atoms with Gasteiger partial charge in [0.15, 0.2) is 5.82 Å². The van der Waals surface area contributed by atoms with Crippen molar-refractivity contribution in [2.24, 2.45) is 7.05 Å². The number of benzene rings is 1. The molecule has 0 bridgehead atoms. The summed E-state index contributed by atoms with van der Waals surface area (Å²) >= 11 is 0. The minimum atomic E-state index is -0.748. The van der Waals surface area contributed by atoms with E-state index < -0.39 is 11.8 Å². The van der Waals surface area contributed by atoms with Gasteiger partial charge in [0.2, 0.25) is 5.78 Å². The number of hydrogen-bond acceptors (Lipinski definition) is 5. The second-order valence-electron chi connectivity index (χ2n) is 6.86. The van der Waals surface area contributed by atoms with Gasteiger partial charge in [0, 0.05) is 43.3 Å². The Kier molecular flexibility index (Phi) is 6.20. The van der Waals surface area contributed by atoms with Crippen LogP contribution in [0.1, 0.15) is 35.9 Å². The number of ketones is 1. The molecule has 1 aliphatic rings. The van der Waals surface area contributed by atoms with Gasteiger partial charge in [-0.15, -0.1) is 0 Å². The van der Waals surface area contributed by atoms with Crippen LogP contribution in [0.3, 0.4) is 0 Å². The highest BCUT2D eigenvalue weighted by molar-refractivity contribution is 6.39. The van der Waals surface area contributed by atoms with Gasteiger partial charge in [0.25, 0.3) is 0 Å².